The van der Waals surface area contributed by atoms with Gasteiger partial charge < -0.3 is 25.3 Å². The van der Waals surface area contributed by atoms with Crippen LogP contribution in [-0.2, 0) is 6.54 Å². The third-order valence-corrected chi connectivity index (χ3v) is 11.5. The molecular formula is C43H58N10O2. The van der Waals surface area contributed by atoms with Gasteiger partial charge in [0.25, 0.3) is 0 Å². The van der Waals surface area contributed by atoms with Crippen LogP contribution in [0.3, 0.4) is 0 Å². The normalized spacial score (nSPS) is 22.7. The van der Waals surface area contributed by atoms with Crippen molar-refractivity contribution in [1.29, 1.82) is 5.41 Å². The molecule has 1 aliphatic carbocycles. The number of benzene rings is 2. The Labute approximate surface area is 325 Å². The molecular weight excluding hydrogens is 689 g/mol. The van der Waals surface area contributed by atoms with Crippen LogP contribution in [0.25, 0.3) is 5.65 Å². The largest absolute Gasteiger partial charge is 0.484 e. The molecule has 0 radical (unpaired) electrons. The molecule has 3 N–H and O–H groups in total. The highest BCUT2D eigenvalue weighted by atomic mass is 16.5. The lowest BCUT2D eigenvalue weighted by Gasteiger charge is -2.39. The van der Waals surface area contributed by atoms with Crippen molar-refractivity contribution in [2.75, 3.05) is 38.1 Å². The van der Waals surface area contributed by atoms with Gasteiger partial charge in [-0.15, -0.1) is 10.2 Å². The zero-order valence-electron chi connectivity index (χ0n) is 33.4. The van der Waals surface area contributed by atoms with Crippen LogP contribution < -0.4 is 20.3 Å². The number of carbonyl (C=O) groups is 1. The Morgan fingerprint density at radius 2 is 1.67 bits per heavy atom. The summed E-state index contributed by atoms with van der Waals surface area (Å²) in [6.45, 7) is 15.6. The molecule has 2 amide bonds. The number of piperazine rings is 1. The number of nitrogens with zero attached hydrogens (tertiary/aromatic N) is 7. The molecule has 2 fully saturated rings. The molecule has 4 heterocycles. The lowest BCUT2D eigenvalue weighted by Crippen LogP contribution is -2.44. The average molecular weight is 747 g/mol. The predicted octanol–water partition coefficient (Wildman–Crippen LogP) is 7.68. The molecule has 0 saturated carbocycles. The van der Waals surface area contributed by atoms with Gasteiger partial charge in [-0.05, 0) is 99.4 Å². The first-order valence-electron chi connectivity index (χ1n) is 20.0. The van der Waals surface area contributed by atoms with Crippen molar-refractivity contribution in [2.24, 2.45) is 10.4 Å². The summed E-state index contributed by atoms with van der Waals surface area (Å²) in [6.07, 6.45) is 7.02. The molecule has 55 heavy (non-hydrogen) atoms. The third-order valence-electron chi connectivity index (χ3n) is 11.5. The molecule has 0 spiro atoms. The molecule has 4 aromatic rings. The number of nitrogens with one attached hydrogen (secondary N) is 3. The molecule has 2 saturated heterocycles. The van der Waals surface area contributed by atoms with Crippen molar-refractivity contribution >= 4 is 34.9 Å². The van der Waals surface area contributed by atoms with Gasteiger partial charge >= 0.3 is 6.03 Å². The predicted molar refractivity (Wildman–Crippen MR) is 220 cm³/mol. The van der Waals surface area contributed by atoms with Crippen molar-refractivity contribution in [3.05, 3.63) is 83.6 Å². The molecule has 12 heteroatoms. The van der Waals surface area contributed by atoms with Crippen LogP contribution in [0.2, 0.25) is 0 Å². The Balaban J connectivity index is 1.05. The van der Waals surface area contributed by atoms with Crippen LogP contribution in [0.4, 0.5) is 16.4 Å². The van der Waals surface area contributed by atoms with E-state index in [1.165, 1.54) is 12.0 Å². The summed E-state index contributed by atoms with van der Waals surface area (Å²) in [5, 5.41) is 24.2. The highest BCUT2D eigenvalue weighted by molar-refractivity contribution is 6.09. The summed E-state index contributed by atoms with van der Waals surface area (Å²) in [7, 11) is 2.17. The highest BCUT2D eigenvalue weighted by Gasteiger charge is 2.31. The number of amidine groups is 1. The van der Waals surface area contributed by atoms with E-state index in [0.717, 1.165) is 86.1 Å². The van der Waals surface area contributed by atoms with E-state index >= 15 is 0 Å². The number of aromatic nitrogens is 3. The standard InChI is InChI=1S/C43H58N10O2/c1-29-11-9-12-30(2)53(29)42-49-48-40-20-17-33(28-52(40)42)55-37-19-18-36(34-15-7-8-16-35(34)37)46-41(54)47-39(26-38(44)43(3,4)5)45-32-14-10-13-31(25-32)27-51-23-21-50(6)22-24-51/h7-8,10,13-17,20,25,28-30,36-37,44H,9,11-12,18-19,21-24,26-27H2,1-6H3,(H2,45,46,47,54). The number of anilines is 1. The van der Waals surface area contributed by atoms with E-state index in [9.17, 15) is 4.79 Å². The number of piperidine rings is 1. The summed E-state index contributed by atoms with van der Waals surface area (Å²) < 4.78 is 8.76. The van der Waals surface area contributed by atoms with Crippen molar-refractivity contribution in [1.82, 2.24) is 35.0 Å². The number of amides is 2. The molecule has 4 unspecified atom stereocenters. The van der Waals surface area contributed by atoms with Crippen LogP contribution in [0, 0.1) is 10.8 Å². The van der Waals surface area contributed by atoms with Gasteiger partial charge in [0.15, 0.2) is 5.65 Å². The Hall–Kier alpha value is -4.81. The second-order valence-corrected chi connectivity index (χ2v) is 16.8. The lowest BCUT2D eigenvalue weighted by atomic mass is 9.85. The lowest BCUT2D eigenvalue weighted by molar-refractivity contribution is 0.148. The molecule has 7 rings (SSSR count). The van der Waals surface area contributed by atoms with Gasteiger partial charge in [-0.25, -0.2) is 9.79 Å². The van der Waals surface area contributed by atoms with E-state index in [1.807, 2.05) is 63.4 Å². The summed E-state index contributed by atoms with van der Waals surface area (Å²) >= 11 is 0. The quantitative estimate of drug-likeness (QED) is 0.119. The number of likely N-dealkylation sites (N-methyl/N-ethyl adjacent to an activating group) is 1. The fourth-order valence-corrected chi connectivity index (χ4v) is 8.12. The van der Waals surface area contributed by atoms with Crippen LogP contribution in [0.1, 0.15) is 102 Å². The number of ether oxygens (including phenoxy) is 1. The Kier molecular flexibility index (Phi) is 11.5. The number of hydrogen-bond acceptors (Lipinski definition) is 9. The zero-order chi connectivity index (χ0) is 38.7. The van der Waals surface area contributed by atoms with Crippen LogP contribution in [-0.4, -0.2) is 87.3 Å². The van der Waals surface area contributed by atoms with Crippen LogP contribution in [0.15, 0.2) is 71.9 Å². The first-order valence-corrected chi connectivity index (χ1v) is 20.0. The van der Waals surface area contributed by atoms with Gasteiger partial charge in [0, 0.05) is 56.9 Å². The minimum absolute atomic E-state index is 0.176. The maximum absolute atomic E-state index is 13.8. The number of carbonyl (C=O) groups excluding carboxylic acids is 1. The van der Waals surface area contributed by atoms with Crippen molar-refractivity contribution < 1.29 is 9.53 Å². The summed E-state index contributed by atoms with van der Waals surface area (Å²) in [6, 6.07) is 20.6. The maximum Gasteiger partial charge on any atom is 0.320 e. The topological polar surface area (TPSA) is 126 Å². The Morgan fingerprint density at radius 1 is 0.927 bits per heavy atom. The van der Waals surface area contributed by atoms with E-state index in [2.05, 4.69) is 85.1 Å². The molecule has 2 aromatic carbocycles. The van der Waals surface area contributed by atoms with Crippen molar-refractivity contribution in [2.45, 2.75) is 104 Å². The first kappa shape index (κ1) is 38.5. The Morgan fingerprint density at radius 3 is 2.42 bits per heavy atom. The Bertz CT molecular complexity index is 2000. The summed E-state index contributed by atoms with van der Waals surface area (Å²) in [5.41, 5.74) is 4.98. The van der Waals surface area contributed by atoms with E-state index in [0.29, 0.717) is 30.1 Å². The monoisotopic (exact) mass is 746 g/mol. The van der Waals surface area contributed by atoms with Crippen molar-refractivity contribution in [3.8, 4) is 5.75 Å². The SMILES string of the molecule is CC1CCCC(C)N1c1nnc2ccc(OC3CCC(NC(=O)NC(CC(=N)C(C)(C)C)=Nc4cccc(CN5CCN(C)CC5)c4)c4ccccc43)cn12. The van der Waals surface area contributed by atoms with E-state index < -0.39 is 0 Å². The summed E-state index contributed by atoms with van der Waals surface area (Å²) in [4.78, 5) is 25.9. The zero-order valence-corrected chi connectivity index (χ0v) is 33.4. The fourth-order valence-electron chi connectivity index (χ4n) is 8.12. The third kappa shape index (κ3) is 9.19. The smallest absolute Gasteiger partial charge is 0.320 e. The van der Waals surface area contributed by atoms with E-state index in [1.54, 1.807) is 0 Å². The van der Waals surface area contributed by atoms with Gasteiger partial charge in [0.1, 0.15) is 17.7 Å². The minimum atomic E-state index is -0.357. The molecule has 0 bridgehead atoms. The maximum atomic E-state index is 13.8. The van der Waals surface area contributed by atoms with Gasteiger partial charge in [0.2, 0.25) is 5.95 Å². The number of aliphatic imine (C=N–C) groups is 1. The number of rotatable bonds is 9. The van der Waals surface area contributed by atoms with Gasteiger partial charge in [-0.3, -0.25) is 14.6 Å². The molecule has 2 aromatic heterocycles. The van der Waals surface area contributed by atoms with E-state index in [4.69, 9.17) is 15.1 Å². The molecule has 12 nitrogen and oxygen atoms in total. The minimum Gasteiger partial charge on any atom is -0.484 e. The van der Waals surface area contributed by atoms with Crippen LogP contribution in [0.5, 0.6) is 5.75 Å². The molecule has 4 atom stereocenters. The van der Waals surface area contributed by atoms with Gasteiger partial charge in [-0.2, -0.15) is 0 Å². The second kappa shape index (κ2) is 16.5. The number of pyridine rings is 1. The first-order chi connectivity index (χ1) is 26.4. The molecule has 292 valence electrons. The second-order valence-electron chi connectivity index (χ2n) is 16.8. The van der Waals surface area contributed by atoms with Crippen LogP contribution >= 0.6 is 0 Å². The fraction of sp³-hybridized carbons (Fsp3) is 0.512. The summed E-state index contributed by atoms with van der Waals surface area (Å²) in [5.74, 6) is 2.07. The van der Waals surface area contributed by atoms with Gasteiger partial charge in [-0.1, -0.05) is 57.2 Å². The van der Waals surface area contributed by atoms with Crippen molar-refractivity contribution in [3.63, 3.8) is 0 Å². The number of fused-ring (bicyclic) bond motifs is 2. The van der Waals surface area contributed by atoms with Gasteiger partial charge in [0.05, 0.1) is 17.9 Å². The molecule has 2 aliphatic heterocycles. The number of urea groups is 1. The average Bonchev–Trinajstić information content (AvgIpc) is 3.56. The molecule has 3 aliphatic rings. The number of hydrogen-bond donors (Lipinski definition) is 3. The highest BCUT2D eigenvalue weighted by Crippen LogP contribution is 2.39. The van der Waals surface area contributed by atoms with E-state index in [-0.39, 0.29) is 30.0 Å².